The summed E-state index contributed by atoms with van der Waals surface area (Å²) in [6.45, 7) is 1.87. The van der Waals surface area contributed by atoms with E-state index in [0.29, 0.717) is 41.4 Å². The Kier molecular flexibility index (Phi) is 5.01. The number of anilines is 2. The lowest BCUT2D eigenvalue weighted by Gasteiger charge is -2.16. The average Bonchev–Trinajstić information content (AvgIpc) is 3.55. The number of hydrogen-bond acceptors (Lipinski definition) is 5. The highest BCUT2D eigenvalue weighted by molar-refractivity contribution is 6.16. The molecule has 2 aromatic heterocycles. The standard InChI is InChI=1S/C24H20FN5O3/c1-14-20-19(10-13-26-21(20)30-29-14)33-18-8-6-17(7-9-18)28-23(32)24(11-12-24)22(31)27-16-4-2-15(25)3-5-16/h2-10,13H,11-12H2,1H3,(H,27,31)(H,28,32)(H,26,29,30). The molecule has 0 bridgehead atoms. The van der Waals surface area contributed by atoms with E-state index in [1.54, 1.807) is 36.5 Å². The van der Waals surface area contributed by atoms with Crippen LogP contribution in [-0.4, -0.2) is 27.0 Å². The van der Waals surface area contributed by atoms with Gasteiger partial charge in [0.25, 0.3) is 0 Å². The van der Waals surface area contributed by atoms with Crippen LogP contribution in [-0.2, 0) is 9.59 Å². The van der Waals surface area contributed by atoms with Crippen LogP contribution < -0.4 is 15.4 Å². The second kappa shape index (κ2) is 8.01. The van der Waals surface area contributed by atoms with Crippen LogP contribution in [0.2, 0.25) is 0 Å². The Balaban J connectivity index is 1.25. The lowest BCUT2D eigenvalue weighted by atomic mass is 10.0. The van der Waals surface area contributed by atoms with E-state index in [1.165, 1.54) is 24.3 Å². The van der Waals surface area contributed by atoms with Crippen molar-refractivity contribution in [3.05, 3.63) is 72.3 Å². The maximum absolute atomic E-state index is 13.1. The van der Waals surface area contributed by atoms with Crippen LogP contribution in [0.1, 0.15) is 18.5 Å². The fourth-order valence-corrected chi connectivity index (χ4v) is 3.61. The number of ether oxygens (including phenoxy) is 1. The molecule has 5 rings (SSSR count). The largest absolute Gasteiger partial charge is 0.456 e. The molecule has 166 valence electrons. The molecule has 33 heavy (non-hydrogen) atoms. The van der Waals surface area contributed by atoms with E-state index < -0.39 is 17.1 Å². The van der Waals surface area contributed by atoms with Gasteiger partial charge in [0.15, 0.2) is 5.65 Å². The first kappa shape index (κ1) is 20.6. The number of pyridine rings is 1. The van der Waals surface area contributed by atoms with Gasteiger partial charge in [0, 0.05) is 17.6 Å². The van der Waals surface area contributed by atoms with Crippen LogP contribution in [0, 0.1) is 18.2 Å². The van der Waals surface area contributed by atoms with Crippen LogP contribution >= 0.6 is 0 Å². The summed E-state index contributed by atoms with van der Waals surface area (Å²) < 4.78 is 19.1. The van der Waals surface area contributed by atoms with Crippen molar-refractivity contribution in [2.45, 2.75) is 19.8 Å². The number of hydrogen-bond donors (Lipinski definition) is 3. The number of rotatable bonds is 6. The highest BCUT2D eigenvalue weighted by Gasteiger charge is 2.56. The number of carbonyl (C=O) groups is 2. The molecule has 1 aliphatic carbocycles. The van der Waals surface area contributed by atoms with Crippen LogP contribution in [0.25, 0.3) is 11.0 Å². The predicted octanol–water partition coefficient (Wildman–Crippen LogP) is 4.56. The molecule has 0 aliphatic heterocycles. The molecule has 8 nitrogen and oxygen atoms in total. The summed E-state index contributed by atoms with van der Waals surface area (Å²) in [5.41, 5.74) is 1.30. The van der Waals surface area contributed by atoms with Crippen molar-refractivity contribution in [3.8, 4) is 11.5 Å². The van der Waals surface area contributed by atoms with Crippen molar-refractivity contribution in [2.75, 3.05) is 10.6 Å². The van der Waals surface area contributed by atoms with Crippen LogP contribution in [0.15, 0.2) is 60.8 Å². The number of amides is 2. The number of benzene rings is 2. The third kappa shape index (κ3) is 4.00. The van der Waals surface area contributed by atoms with Crippen LogP contribution in [0.5, 0.6) is 11.5 Å². The summed E-state index contributed by atoms with van der Waals surface area (Å²) >= 11 is 0. The van der Waals surface area contributed by atoms with Crippen molar-refractivity contribution >= 4 is 34.2 Å². The molecule has 0 atom stereocenters. The Hall–Kier alpha value is -4.27. The van der Waals surface area contributed by atoms with Crippen molar-refractivity contribution in [1.82, 2.24) is 15.2 Å². The van der Waals surface area contributed by atoms with E-state index in [0.717, 1.165) is 11.1 Å². The normalized spacial score (nSPS) is 14.0. The summed E-state index contributed by atoms with van der Waals surface area (Å²) in [7, 11) is 0. The minimum absolute atomic E-state index is 0.374. The van der Waals surface area contributed by atoms with Gasteiger partial charge in [-0.25, -0.2) is 9.37 Å². The zero-order valence-corrected chi connectivity index (χ0v) is 17.7. The van der Waals surface area contributed by atoms with E-state index in [9.17, 15) is 14.0 Å². The SMILES string of the molecule is Cc1n[nH]c2nccc(Oc3ccc(NC(=O)C4(C(=O)Nc5ccc(F)cc5)CC4)cc3)c12. The van der Waals surface area contributed by atoms with Crippen molar-refractivity contribution in [3.63, 3.8) is 0 Å². The Morgan fingerprint density at radius 3 is 2.18 bits per heavy atom. The van der Waals surface area contributed by atoms with Gasteiger partial charge in [0.05, 0.1) is 11.1 Å². The van der Waals surface area contributed by atoms with E-state index in [-0.39, 0.29) is 5.91 Å². The topological polar surface area (TPSA) is 109 Å². The Morgan fingerprint density at radius 1 is 0.970 bits per heavy atom. The maximum atomic E-state index is 13.1. The highest BCUT2D eigenvalue weighted by atomic mass is 19.1. The zero-order valence-electron chi connectivity index (χ0n) is 17.7. The molecule has 1 aliphatic rings. The molecule has 9 heteroatoms. The number of halogens is 1. The van der Waals surface area contributed by atoms with Gasteiger partial charge >= 0.3 is 0 Å². The summed E-state index contributed by atoms with van der Waals surface area (Å²) in [6.07, 6.45) is 2.54. The average molecular weight is 445 g/mol. The van der Waals surface area contributed by atoms with Gasteiger partial charge < -0.3 is 15.4 Å². The molecule has 0 saturated heterocycles. The van der Waals surface area contributed by atoms with Gasteiger partial charge in [-0.15, -0.1) is 0 Å². The van der Waals surface area contributed by atoms with Crippen LogP contribution in [0.3, 0.4) is 0 Å². The van der Waals surface area contributed by atoms with Crippen LogP contribution in [0.4, 0.5) is 15.8 Å². The molecule has 1 saturated carbocycles. The van der Waals surface area contributed by atoms with E-state index >= 15 is 0 Å². The Bertz CT molecular complexity index is 1350. The molecular formula is C24H20FN5O3. The van der Waals surface area contributed by atoms with Gasteiger partial charge in [0.1, 0.15) is 22.7 Å². The smallest absolute Gasteiger partial charge is 0.240 e. The molecule has 0 spiro atoms. The fourth-order valence-electron chi connectivity index (χ4n) is 3.61. The fraction of sp³-hybridized carbons (Fsp3) is 0.167. The first-order valence-electron chi connectivity index (χ1n) is 10.4. The second-order valence-corrected chi connectivity index (χ2v) is 7.97. The number of H-pyrrole nitrogens is 1. The van der Waals surface area contributed by atoms with Crippen molar-refractivity contribution < 1.29 is 18.7 Å². The number of nitrogens with one attached hydrogen (secondary N) is 3. The summed E-state index contributed by atoms with van der Waals surface area (Å²) in [5, 5.41) is 13.3. The lowest BCUT2D eigenvalue weighted by Crippen LogP contribution is -2.35. The lowest BCUT2D eigenvalue weighted by molar-refractivity contribution is -0.131. The second-order valence-electron chi connectivity index (χ2n) is 7.97. The molecular weight excluding hydrogens is 425 g/mol. The number of aromatic amines is 1. The number of aryl methyl sites for hydroxylation is 1. The molecule has 4 aromatic rings. The van der Waals surface area contributed by atoms with E-state index in [2.05, 4.69) is 25.8 Å². The van der Waals surface area contributed by atoms with Gasteiger partial charge in [-0.05, 0) is 74.4 Å². The Morgan fingerprint density at radius 2 is 1.58 bits per heavy atom. The monoisotopic (exact) mass is 445 g/mol. The Labute approximate surface area is 188 Å². The van der Waals surface area contributed by atoms with E-state index in [1.807, 2.05) is 6.92 Å². The molecule has 0 unspecified atom stereocenters. The maximum Gasteiger partial charge on any atom is 0.240 e. The third-order valence-electron chi connectivity index (χ3n) is 5.67. The molecule has 1 fully saturated rings. The third-order valence-corrected chi connectivity index (χ3v) is 5.67. The van der Waals surface area contributed by atoms with E-state index in [4.69, 9.17) is 4.74 Å². The first-order valence-corrected chi connectivity index (χ1v) is 10.4. The molecule has 2 aromatic carbocycles. The van der Waals surface area contributed by atoms with Crippen molar-refractivity contribution in [1.29, 1.82) is 0 Å². The van der Waals surface area contributed by atoms with Gasteiger partial charge in [-0.1, -0.05) is 0 Å². The number of carbonyl (C=O) groups excluding carboxylic acids is 2. The number of fused-ring (bicyclic) bond motifs is 1. The predicted molar refractivity (Wildman–Crippen MR) is 120 cm³/mol. The molecule has 0 radical (unpaired) electrons. The molecule has 2 heterocycles. The zero-order chi connectivity index (χ0) is 23.0. The van der Waals surface area contributed by atoms with Gasteiger partial charge in [-0.2, -0.15) is 5.10 Å². The summed E-state index contributed by atoms with van der Waals surface area (Å²) in [5.74, 6) is 0.0330. The van der Waals surface area contributed by atoms with Gasteiger partial charge in [0.2, 0.25) is 11.8 Å². The first-order chi connectivity index (χ1) is 15.9. The van der Waals surface area contributed by atoms with Crippen molar-refractivity contribution in [2.24, 2.45) is 5.41 Å². The summed E-state index contributed by atoms with van der Waals surface area (Å²) in [4.78, 5) is 29.7. The minimum atomic E-state index is -1.12. The quantitative estimate of drug-likeness (QED) is 0.377. The minimum Gasteiger partial charge on any atom is -0.456 e. The molecule has 2 amide bonds. The highest BCUT2D eigenvalue weighted by Crippen LogP contribution is 2.47. The van der Waals surface area contributed by atoms with Gasteiger partial charge in [-0.3, -0.25) is 14.7 Å². The molecule has 3 N–H and O–H groups in total. The number of aromatic nitrogens is 3. The number of nitrogens with zero attached hydrogens (tertiary/aromatic N) is 2. The summed E-state index contributed by atoms with van der Waals surface area (Å²) in [6, 6.07) is 14.1.